The first-order valence-electron chi connectivity index (χ1n) is 6.96. The molecular formula is C15H16ClN3O2. The molecule has 0 radical (unpaired) electrons. The molecule has 1 aromatic carbocycles. The minimum Gasteiger partial charge on any atom is -0.350 e. The van der Waals surface area contributed by atoms with Crippen molar-refractivity contribution in [2.24, 2.45) is 0 Å². The molecule has 0 spiro atoms. The zero-order valence-corrected chi connectivity index (χ0v) is 12.2. The first kappa shape index (κ1) is 14.1. The van der Waals surface area contributed by atoms with Crippen LogP contribution in [0.25, 0.3) is 11.3 Å². The molecule has 1 aliphatic rings. The Bertz CT molecular complexity index is 635. The Labute approximate surface area is 127 Å². The standard InChI is InChI=1S/C15H16ClN3O2/c16-11-4-1-3-10(7-11)13-8-14(21-19-13)15(20)18-12-5-2-6-17-9-12/h1,3-4,7-8,12,17H,2,5-6,9H2,(H,18,20). The van der Waals surface area contributed by atoms with E-state index in [1.807, 2.05) is 12.1 Å². The third-order valence-electron chi connectivity index (χ3n) is 3.49. The van der Waals surface area contributed by atoms with Gasteiger partial charge in [-0.3, -0.25) is 4.79 Å². The SMILES string of the molecule is O=C(NC1CCCNC1)c1cc(-c2cccc(Cl)c2)no1. The van der Waals surface area contributed by atoms with Crippen molar-refractivity contribution in [1.29, 1.82) is 0 Å². The normalized spacial score (nSPS) is 18.4. The second-order valence-electron chi connectivity index (χ2n) is 5.10. The van der Waals surface area contributed by atoms with Crippen LogP contribution in [-0.2, 0) is 0 Å². The maximum Gasteiger partial charge on any atom is 0.290 e. The second kappa shape index (κ2) is 6.28. The smallest absolute Gasteiger partial charge is 0.290 e. The molecule has 0 aliphatic carbocycles. The molecule has 2 N–H and O–H groups in total. The lowest BCUT2D eigenvalue weighted by molar-refractivity contribution is 0.0893. The summed E-state index contributed by atoms with van der Waals surface area (Å²) in [5, 5.41) is 10.8. The topological polar surface area (TPSA) is 67.2 Å². The summed E-state index contributed by atoms with van der Waals surface area (Å²) in [4.78, 5) is 12.1. The van der Waals surface area contributed by atoms with Crippen molar-refractivity contribution in [2.75, 3.05) is 13.1 Å². The third-order valence-corrected chi connectivity index (χ3v) is 3.72. The highest BCUT2D eigenvalue weighted by Gasteiger charge is 2.19. The van der Waals surface area contributed by atoms with Gasteiger partial charge in [0.05, 0.1) is 0 Å². The number of carbonyl (C=O) groups excluding carboxylic acids is 1. The number of benzene rings is 1. The summed E-state index contributed by atoms with van der Waals surface area (Å²) in [6.07, 6.45) is 2.04. The van der Waals surface area contributed by atoms with Gasteiger partial charge in [-0.2, -0.15) is 0 Å². The minimum atomic E-state index is -0.232. The number of nitrogens with one attached hydrogen (secondary N) is 2. The summed E-state index contributed by atoms with van der Waals surface area (Å²) in [6, 6.07) is 9.06. The molecule has 0 saturated carbocycles. The van der Waals surface area contributed by atoms with Crippen LogP contribution in [0.2, 0.25) is 5.02 Å². The molecule has 1 amide bonds. The monoisotopic (exact) mass is 305 g/mol. The van der Waals surface area contributed by atoms with E-state index in [0.717, 1.165) is 31.5 Å². The summed E-state index contributed by atoms with van der Waals surface area (Å²) in [6.45, 7) is 1.80. The van der Waals surface area contributed by atoms with E-state index in [1.165, 1.54) is 0 Å². The molecular weight excluding hydrogens is 290 g/mol. The van der Waals surface area contributed by atoms with Crippen molar-refractivity contribution < 1.29 is 9.32 Å². The molecule has 1 fully saturated rings. The van der Waals surface area contributed by atoms with Crippen LogP contribution in [0.1, 0.15) is 23.4 Å². The van der Waals surface area contributed by atoms with Crippen molar-refractivity contribution >= 4 is 17.5 Å². The number of nitrogens with zero attached hydrogens (tertiary/aromatic N) is 1. The van der Waals surface area contributed by atoms with Crippen LogP contribution in [0, 0.1) is 0 Å². The average Bonchev–Trinajstić information content (AvgIpc) is 2.98. The zero-order valence-electron chi connectivity index (χ0n) is 11.4. The van der Waals surface area contributed by atoms with Crippen LogP contribution in [-0.4, -0.2) is 30.2 Å². The molecule has 0 bridgehead atoms. The lowest BCUT2D eigenvalue weighted by atomic mass is 10.1. The summed E-state index contributed by atoms with van der Waals surface area (Å²) >= 11 is 5.95. The Hall–Kier alpha value is -1.85. The quantitative estimate of drug-likeness (QED) is 0.914. The molecule has 2 aromatic rings. The molecule has 110 valence electrons. The van der Waals surface area contributed by atoms with E-state index in [0.29, 0.717) is 10.7 Å². The van der Waals surface area contributed by atoms with Crippen LogP contribution in [0.3, 0.4) is 0 Å². The number of aromatic nitrogens is 1. The summed E-state index contributed by atoms with van der Waals surface area (Å²) in [5.74, 6) is -0.0139. The molecule has 1 aromatic heterocycles. The van der Waals surface area contributed by atoms with Gasteiger partial charge in [0.25, 0.3) is 5.91 Å². The number of hydrogen-bond acceptors (Lipinski definition) is 4. The molecule has 1 saturated heterocycles. The largest absolute Gasteiger partial charge is 0.350 e. The van der Waals surface area contributed by atoms with Gasteiger partial charge in [0.1, 0.15) is 5.69 Å². The van der Waals surface area contributed by atoms with E-state index < -0.39 is 0 Å². The van der Waals surface area contributed by atoms with Crippen LogP contribution in [0.15, 0.2) is 34.9 Å². The van der Waals surface area contributed by atoms with Gasteiger partial charge in [0.15, 0.2) is 0 Å². The summed E-state index contributed by atoms with van der Waals surface area (Å²) in [7, 11) is 0. The van der Waals surface area contributed by atoms with Crippen molar-refractivity contribution in [3.63, 3.8) is 0 Å². The van der Waals surface area contributed by atoms with Crippen molar-refractivity contribution in [2.45, 2.75) is 18.9 Å². The van der Waals surface area contributed by atoms with E-state index in [1.54, 1.807) is 18.2 Å². The molecule has 1 unspecified atom stereocenters. The van der Waals surface area contributed by atoms with Gasteiger partial charge in [0.2, 0.25) is 5.76 Å². The van der Waals surface area contributed by atoms with E-state index in [-0.39, 0.29) is 17.7 Å². The maximum absolute atomic E-state index is 12.1. The van der Waals surface area contributed by atoms with Gasteiger partial charge < -0.3 is 15.2 Å². The predicted octanol–water partition coefficient (Wildman–Crippen LogP) is 2.48. The van der Waals surface area contributed by atoms with E-state index in [2.05, 4.69) is 15.8 Å². The van der Waals surface area contributed by atoms with Gasteiger partial charge in [0, 0.05) is 29.2 Å². The molecule has 6 heteroatoms. The molecule has 3 rings (SSSR count). The highest BCUT2D eigenvalue weighted by molar-refractivity contribution is 6.30. The van der Waals surface area contributed by atoms with Gasteiger partial charge in [-0.15, -0.1) is 0 Å². The fourth-order valence-corrected chi connectivity index (χ4v) is 2.59. The Morgan fingerprint density at radius 3 is 3.10 bits per heavy atom. The number of amides is 1. The van der Waals surface area contributed by atoms with E-state index >= 15 is 0 Å². The number of halogens is 1. The number of rotatable bonds is 3. The van der Waals surface area contributed by atoms with Crippen molar-refractivity contribution in [3.05, 3.63) is 41.1 Å². The summed E-state index contributed by atoms with van der Waals surface area (Å²) in [5.41, 5.74) is 1.43. The van der Waals surface area contributed by atoms with Crippen LogP contribution >= 0.6 is 11.6 Å². The molecule has 1 atom stereocenters. The number of piperidine rings is 1. The Morgan fingerprint density at radius 1 is 1.43 bits per heavy atom. The van der Waals surface area contributed by atoms with Crippen molar-refractivity contribution in [1.82, 2.24) is 15.8 Å². The van der Waals surface area contributed by atoms with Gasteiger partial charge in [-0.25, -0.2) is 0 Å². The number of hydrogen-bond donors (Lipinski definition) is 2. The lowest BCUT2D eigenvalue weighted by Crippen LogP contribution is -2.45. The number of carbonyl (C=O) groups is 1. The third kappa shape index (κ3) is 3.43. The lowest BCUT2D eigenvalue weighted by Gasteiger charge is -2.23. The molecule has 2 heterocycles. The zero-order chi connectivity index (χ0) is 14.7. The Balaban J connectivity index is 1.70. The maximum atomic E-state index is 12.1. The highest BCUT2D eigenvalue weighted by atomic mass is 35.5. The van der Waals surface area contributed by atoms with Crippen molar-refractivity contribution in [3.8, 4) is 11.3 Å². The van der Waals surface area contributed by atoms with Crippen LogP contribution < -0.4 is 10.6 Å². The Kier molecular flexibility index (Phi) is 4.22. The molecule has 21 heavy (non-hydrogen) atoms. The fourth-order valence-electron chi connectivity index (χ4n) is 2.40. The van der Waals surface area contributed by atoms with Gasteiger partial charge in [-0.05, 0) is 31.5 Å². The van der Waals surface area contributed by atoms with Gasteiger partial charge >= 0.3 is 0 Å². The van der Waals surface area contributed by atoms with E-state index in [4.69, 9.17) is 16.1 Å². The fraction of sp³-hybridized carbons (Fsp3) is 0.333. The first-order chi connectivity index (χ1) is 10.2. The van der Waals surface area contributed by atoms with E-state index in [9.17, 15) is 4.79 Å². The predicted molar refractivity (Wildman–Crippen MR) is 80.3 cm³/mol. The molecule has 5 nitrogen and oxygen atoms in total. The Morgan fingerprint density at radius 2 is 2.33 bits per heavy atom. The average molecular weight is 306 g/mol. The summed E-state index contributed by atoms with van der Waals surface area (Å²) < 4.78 is 5.14. The van der Waals surface area contributed by atoms with Crippen LogP contribution in [0.4, 0.5) is 0 Å². The van der Waals surface area contributed by atoms with Crippen LogP contribution in [0.5, 0.6) is 0 Å². The first-order valence-corrected chi connectivity index (χ1v) is 7.34. The molecule has 1 aliphatic heterocycles. The second-order valence-corrected chi connectivity index (χ2v) is 5.54. The minimum absolute atomic E-state index is 0.144. The van der Waals surface area contributed by atoms with Gasteiger partial charge in [-0.1, -0.05) is 28.9 Å². The highest BCUT2D eigenvalue weighted by Crippen LogP contribution is 2.22.